The fourth-order valence-electron chi connectivity index (χ4n) is 4.78. The average Bonchev–Trinajstić information content (AvgIpc) is 3.38. The summed E-state index contributed by atoms with van der Waals surface area (Å²) in [6, 6.07) is 15.5. The number of nitrogens with one attached hydrogen (secondary N) is 2. The molecule has 1 aliphatic rings. The quantitative estimate of drug-likeness (QED) is 0.448. The van der Waals surface area contributed by atoms with Gasteiger partial charge >= 0.3 is 6.03 Å². The van der Waals surface area contributed by atoms with Crippen molar-refractivity contribution in [2.45, 2.75) is 39.9 Å². The molecule has 0 saturated carbocycles. The van der Waals surface area contributed by atoms with Crippen molar-refractivity contribution in [3.63, 3.8) is 0 Å². The molecule has 2 N–H and O–H groups in total. The number of rotatable bonds is 5. The lowest BCUT2D eigenvalue weighted by Gasteiger charge is -2.39. The molecule has 35 heavy (non-hydrogen) atoms. The zero-order valence-corrected chi connectivity index (χ0v) is 20.7. The van der Waals surface area contributed by atoms with Gasteiger partial charge in [-0.3, -0.25) is 14.4 Å². The number of fused-ring (bicyclic) bond motifs is 2. The van der Waals surface area contributed by atoms with Crippen molar-refractivity contribution in [3.8, 4) is 0 Å². The van der Waals surface area contributed by atoms with Crippen molar-refractivity contribution in [3.05, 3.63) is 82.3 Å². The molecule has 1 aliphatic heterocycles. The fourth-order valence-corrected chi connectivity index (χ4v) is 4.78. The average molecular weight is 471 g/mol. The van der Waals surface area contributed by atoms with Crippen LogP contribution >= 0.6 is 0 Å². The van der Waals surface area contributed by atoms with Gasteiger partial charge in [0.05, 0.1) is 36.2 Å². The third-order valence-electron chi connectivity index (χ3n) is 7.15. The van der Waals surface area contributed by atoms with Crippen LogP contribution in [0.25, 0.3) is 10.9 Å². The Balaban J connectivity index is 1.43. The Morgan fingerprint density at radius 3 is 2.60 bits per heavy atom. The Bertz CT molecular complexity index is 1420. The summed E-state index contributed by atoms with van der Waals surface area (Å²) in [7, 11) is 3.70. The third kappa shape index (κ3) is 3.95. The summed E-state index contributed by atoms with van der Waals surface area (Å²) < 4.78 is 1.83. The number of hydrogen-bond acceptors (Lipinski definition) is 3. The molecule has 180 valence electrons. The Hall–Kier alpha value is -4.07. The maximum atomic E-state index is 13.3. The molecule has 0 aliphatic carbocycles. The molecule has 4 aromatic rings. The minimum absolute atomic E-state index is 0.0911. The van der Waals surface area contributed by atoms with Crippen LogP contribution in [0.3, 0.4) is 0 Å². The first kappa shape index (κ1) is 22.7. The number of aromatic amines is 1. The smallest absolute Gasteiger partial charge is 0.325 e. The molecule has 3 amide bonds. The predicted octanol–water partition coefficient (Wildman–Crippen LogP) is 4.58. The van der Waals surface area contributed by atoms with E-state index in [0.717, 1.165) is 44.8 Å². The molecule has 0 fully saturated rings. The van der Waals surface area contributed by atoms with E-state index in [0.29, 0.717) is 18.7 Å². The van der Waals surface area contributed by atoms with E-state index in [2.05, 4.69) is 15.4 Å². The maximum absolute atomic E-state index is 13.3. The lowest BCUT2D eigenvalue weighted by atomic mass is 9.98. The lowest BCUT2D eigenvalue weighted by molar-refractivity contribution is 0.0950. The van der Waals surface area contributed by atoms with Crippen LogP contribution in [-0.4, -0.2) is 38.7 Å². The molecule has 3 heterocycles. The first-order chi connectivity index (χ1) is 16.7. The summed E-state index contributed by atoms with van der Waals surface area (Å²) in [4.78, 5) is 33.2. The second-order valence-corrected chi connectivity index (χ2v) is 9.27. The Morgan fingerprint density at radius 1 is 1.11 bits per heavy atom. The molecule has 0 radical (unpaired) electrons. The first-order valence-corrected chi connectivity index (χ1v) is 11.8. The number of aromatic nitrogens is 3. The Labute approximate surface area is 204 Å². The number of H-pyrrole nitrogens is 1. The molecule has 5 rings (SSSR count). The number of nitrogens with zero attached hydrogens (tertiary/aromatic N) is 4. The van der Waals surface area contributed by atoms with Gasteiger partial charge in [0.15, 0.2) is 0 Å². The molecule has 8 nitrogen and oxygen atoms in total. The van der Waals surface area contributed by atoms with Crippen LogP contribution < -0.4 is 10.2 Å². The SMILES string of the molecule is Cc1nn(C)c(CN2C(=O)N(C)[C@@H](C)c3ccc(C(=O)NCc4cc5ccccc5[nH]4)cc32)c1C. The summed E-state index contributed by atoms with van der Waals surface area (Å²) >= 11 is 0. The second kappa shape index (κ2) is 8.61. The van der Waals surface area contributed by atoms with Crippen LogP contribution in [-0.2, 0) is 20.1 Å². The van der Waals surface area contributed by atoms with Gasteiger partial charge in [-0.2, -0.15) is 5.10 Å². The minimum atomic E-state index is -0.182. The predicted molar refractivity (Wildman–Crippen MR) is 136 cm³/mol. The largest absolute Gasteiger partial charge is 0.357 e. The number of para-hydroxylation sites is 1. The topological polar surface area (TPSA) is 86.3 Å². The van der Waals surface area contributed by atoms with Crippen LogP contribution in [0, 0.1) is 13.8 Å². The van der Waals surface area contributed by atoms with Crippen molar-refractivity contribution >= 4 is 28.5 Å². The highest BCUT2D eigenvalue weighted by Crippen LogP contribution is 2.37. The van der Waals surface area contributed by atoms with E-state index >= 15 is 0 Å². The summed E-state index contributed by atoms with van der Waals surface area (Å²) in [5.74, 6) is -0.182. The van der Waals surface area contributed by atoms with E-state index in [9.17, 15) is 9.59 Å². The fraction of sp³-hybridized carbons (Fsp3) is 0.296. The highest BCUT2D eigenvalue weighted by Gasteiger charge is 2.34. The molecule has 2 aromatic heterocycles. The van der Waals surface area contributed by atoms with Crippen LogP contribution in [0.1, 0.15) is 51.5 Å². The zero-order valence-electron chi connectivity index (χ0n) is 20.7. The van der Waals surface area contributed by atoms with E-state index < -0.39 is 0 Å². The monoisotopic (exact) mass is 470 g/mol. The highest BCUT2D eigenvalue weighted by atomic mass is 16.2. The summed E-state index contributed by atoms with van der Waals surface area (Å²) in [5.41, 5.74) is 7.25. The van der Waals surface area contributed by atoms with E-state index in [1.807, 2.05) is 88.1 Å². The van der Waals surface area contributed by atoms with Crippen molar-refractivity contribution in [1.82, 2.24) is 25.0 Å². The third-order valence-corrected chi connectivity index (χ3v) is 7.15. The van der Waals surface area contributed by atoms with Crippen molar-refractivity contribution < 1.29 is 9.59 Å². The van der Waals surface area contributed by atoms with E-state index in [1.165, 1.54) is 0 Å². The van der Waals surface area contributed by atoms with Crippen LogP contribution in [0.5, 0.6) is 0 Å². The number of hydrogen-bond donors (Lipinski definition) is 2. The molecule has 0 spiro atoms. The number of carbonyl (C=O) groups excluding carboxylic acids is 2. The van der Waals surface area contributed by atoms with Gasteiger partial charge in [-0.1, -0.05) is 24.3 Å². The second-order valence-electron chi connectivity index (χ2n) is 9.27. The van der Waals surface area contributed by atoms with E-state index in [4.69, 9.17) is 0 Å². The summed E-state index contributed by atoms with van der Waals surface area (Å²) in [6.07, 6.45) is 0. The molecule has 8 heteroatoms. The first-order valence-electron chi connectivity index (χ1n) is 11.8. The number of amides is 3. The van der Waals surface area contributed by atoms with Gasteiger partial charge in [0.2, 0.25) is 0 Å². The van der Waals surface area contributed by atoms with Crippen molar-refractivity contribution in [2.75, 3.05) is 11.9 Å². The molecule has 2 aromatic carbocycles. The standard InChI is InChI=1S/C27H30N6O2/c1-16-17(2)30-32(5)25(16)15-33-24-13-20(10-11-22(24)18(3)31(4)27(33)35)26(34)28-14-21-12-19-8-6-7-9-23(19)29-21/h6-13,18,29H,14-15H2,1-5H3,(H,28,34)/t18-/m0/s1. The Kier molecular flexibility index (Phi) is 5.59. The number of urea groups is 1. The van der Waals surface area contributed by atoms with Crippen LogP contribution in [0.2, 0.25) is 0 Å². The van der Waals surface area contributed by atoms with Crippen LogP contribution in [0.4, 0.5) is 10.5 Å². The van der Waals surface area contributed by atoms with Gasteiger partial charge in [-0.25, -0.2) is 4.79 Å². The van der Waals surface area contributed by atoms with Crippen molar-refractivity contribution in [1.29, 1.82) is 0 Å². The van der Waals surface area contributed by atoms with Gasteiger partial charge in [-0.05, 0) is 61.5 Å². The van der Waals surface area contributed by atoms with Crippen LogP contribution in [0.15, 0.2) is 48.5 Å². The summed E-state index contributed by atoms with van der Waals surface area (Å²) in [6.45, 7) is 6.76. The van der Waals surface area contributed by atoms with E-state index in [1.54, 1.807) is 9.80 Å². The normalized spacial score (nSPS) is 15.6. The minimum Gasteiger partial charge on any atom is -0.357 e. The molecule has 0 unspecified atom stereocenters. The van der Waals surface area contributed by atoms with Gasteiger partial charge < -0.3 is 15.2 Å². The van der Waals surface area contributed by atoms with E-state index in [-0.39, 0.29) is 18.0 Å². The number of benzene rings is 2. The number of anilines is 1. The number of carbonyl (C=O) groups is 2. The van der Waals surface area contributed by atoms with Gasteiger partial charge in [0.25, 0.3) is 5.91 Å². The van der Waals surface area contributed by atoms with Gasteiger partial charge in [0.1, 0.15) is 0 Å². The molecule has 0 bridgehead atoms. The molecular weight excluding hydrogens is 440 g/mol. The lowest BCUT2D eigenvalue weighted by Crippen LogP contribution is -2.47. The molecule has 0 saturated heterocycles. The summed E-state index contributed by atoms with van der Waals surface area (Å²) in [5, 5.41) is 8.62. The highest BCUT2D eigenvalue weighted by molar-refractivity contribution is 5.99. The van der Waals surface area contributed by atoms with Gasteiger partial charge in [0, 0.05) is 30.9 Å². The van der Waals surface area contributed by atoms with Crippen molar-refractivity contribution in [2.24, 2.45) is 7.05 Å². The molecule has 1 atom stereocenters. The Morgan fingerprint density at radius 2 is 1.89 bits per heavy atom. The molecular formula is C27H30N6O2. The maximum Gasteiger partial charge on any atom is 0.325 e. The van der Waals surface area contributed by atoms with Gasteiger partial charge in [-0.15, -0.1) is 0 Å². The number of aryl methyl sites for hydroxylation is 2. The zero-order chi connectivity index (χ0) is 24.9.